The van der Waals surface area contributed by atoms with Gasteiger partial charge in [0.15, 0.2) is 0 Å². The summed E-state index contributed by atoms with van der Waals surface area (Å²) in [7, 11) is 0. The maximum Gasteiger partial charge on any atom is 0.256 e. The fourth-order valence-corrected chi connectivity index (χ4v) is 1.19. The number of benzene rings is 1. The maximum absolute atomic E-state index is 10.7. The van der Waals surface area contributed by atoms with E-state index in [1.165, 1.54) is 6.07 Å². The minimum Gasteiger partial charge on any atom is -0.507 e. The molecule has 0 aliphatic rings. The molecule has 3 heteroatoms. The number of carbonyl (C=O) groups is 1. The number of hydrogen-bond donors (Lipinski definition) is 1. The standard InChI is InChI=1S/C9H9ClO2/c1-2-6-4-3-5-7(8(6)11)9(10)12/h3-5,11H,2H2,1H3. The zero-order valence-corrected chi connectivity index (χ0v) is 7.43. The molecule has 1 N–H and O–H groups in total. The zero-order valence-electron chi connectivity index (χ0n) is 6.67. The molecule has 2 nitrogen and oxygen atoms in total. The number of hydrogen-bond acceptors (Lipinski definition) is 2. The van der Waals surface area contributed by atoms with Gasteiger partial charge in [0, 0.05) is 0 Å². The van der Waals surface area contributed by atoms with Crippen LogP contribution >= 0.6 is 11.6 Å². The van der Waals surface area contributed by atoms with Crippen LogP contribution in [0.5, 0.6) is 5.75 Å². The second-order valence-electron chi connectivity index (χ2n) is 2.44. The molecule has 0 atom stereocenters. The number of halogens is 1. The summed E-state index contributed by atoms with van der Waals surface area (Å²) in [5, 5.41) is 8.83. The first-order valence-corrected chi connectivity index (χ1v) is 4.05. The van der Waals surface area contributed by atoms with Gasteiger partial charge in [0.05, 0.1) is 5.56 Å². The van der Waals surface area contributed by atoms with E-state index >= 15 is 0 Å². The van der Waals surface area contributed by atoms with Gasteiger partial charge < -0.3 is 5.11 Å². The van der Waals surface area contributed by atoms with Crippen molar-refractivity contribution in [2.45, 2.75) is 13.3 Å². The van der Waals surface area contributed by atoms with E-state index in [1.807, 2.05) is 6.92 Å². The molecule has 0 fully saturated rings. The molecule has 64 valence electrons. The molecule has 0 aliphatic heterocycles. The van der Waals surface area contributed by atoms with Crippen LogP contribution < -0.4 is 0 Å². The van der Waals surface area contributed by atoms with E-state index in [9.17, 15) is 9.90 Å². The monoisotopic (exact) mass is 184 g/mol. The highest BCUT2D eigenvalue weighted by molar-refractivity contribution is 6.68. The molecule has 0 bridgehead atoms. The number of para-hydroxylation sites is 1. The summed E-state index contributed by atoms with van der Waals surface area (Å²) in [6.45, 7) is 1.90. The quantitative estimate of drug-likeness (QED) is 0.717. The molecule has 12 heavy (non-hydrogen) atoms. The van der Waals surface area contributed by atoms with Crippen molar-refractivity contribution in [1.29, 1.82) is 0 Å². The third-order valence-electron chi connectivity index (χ3n) is 1.71. The number of phenols is 1. The Balaban J connectivity index is 3.23. The van der Waals surface area contributed by atoms with E-state index < -0.39 is 5.24 Å². The van der Waals surface area contributed by atoms with Gasteiger partial charge >= 0.3 is 0 Å². The van der Waals surface area contributed by atoms with Crippen LogP contribution in [-0.4, -0.2) is 10.3 Å². The Bertz CT molecular complexity index is 307. The van der Waals surface area contributed by atoms with Gasteiger partial charge in [-0.05, 0) is 29.7 Å². The molecule has 0 unspecified atom stereocenters. The summed E-state index contributed by atoms with van der Waals surface area (Å²) < 4.78 is 0. The van der Waals surface area contributed by atoms with Gasteiger partial charge in [-0.15, -0.1) is 0 Å². The van der Waals surface area contributed by atoms with Crippen LogP contribution in [0.1, 0.15) is 22.8 Å². The van der Waals surface area contributed by atoms with Gasteiger partial charge in [0.2, 0.25) is 0 Å². The Hall–Kier alpha value is -1.02. The molecule has 0 saturated carbocycles. The SMILES string of the molecule is CCc1cccc(C(=O)Cl)c1O. The van der Waals surface area contributed by atoms with E-state index in [4.69, 9.17) is 11.6 Å². The van der Waals surface area contributed by atoms with Gasteiger partial charge in [-0.25, -0.2) is 0 Å². The van der Waals surface area contributed by atoms with Crippen molar-refractivity contribution in [1.82, 2.24) is 0 Å². The van der Waals surface area contributed by atoms with Crippen LogP contribution in [0.3, 0.4) is 0 Å². The van der Waals surface area contributed by atoms with Gasteiger partial charge in [0.1, 0.15) is 5.75 Å². The predicted molar refractivity (Wildman–Crippen MR) is 47.7 cm³/mol. The maximum atomic E-state index is 10.7. The Kier molecular flexibility index (Phi) is 2.71. The van der Waals surface area contributed by atoms with Crippen LogP contribution in [0.4, 0.5) is 0 Å². The van der Waals surface area contributed by atoms with Crippen molar-refractivity contribution >= 4 is 16.8 Å². The average Bonchev–Trinajstić information content (AvgIpc) is 2.04. The topological polar surface area (TPSA) is 37.3 Å². The Morgan fingerprint density at radius 1 is 1.58 bits per heavy atom. The lowest BCUT2D eigenvalue weighted by Gasteiger charge is -2.03. The minimum atomic E-state index is -0.622. The molecular formula is C9H9ClO2. The molecule has 1 rings (SSSR count). The van der Waals surface area contributed by atoms with Crippen molar-refractivity contribution in [3.8, 4) is 5.75 Å². The van der Waals surface area contributed by atoms with Crippen molar-refractivity contribution in [3.05, 3.63) is 29.3 Å². The molecule has 0 aliphatic carbocycles. The van der Waals surface area contributed by atoms with Crippen LogP contribution in [0.2, 0.25) is 0 Å². The van der Waals surface area contributed by atoms with E-state index in [0.717, 1.165) is 5.56 Å². The summed E-state index contributed by atoms with van der Waals surface area (Å²) in [6, 6.07) is 4.97. The molecular weight excluding hydrogens is 176 g/mol. The minimum absolute atomic E-state index is 0.000000000000000222. The highest BCUT2D eigenvalue weighted by atomic mass is 35.5. The molecule has 0 heterocycles. The number of rotatable bonds is 2. The van der Waals surface area contributed by atoms with Crippen LogP contribution in [0.15, 0.2) is 18.2 Å². The molecule has 0 amide bonds. The van der Waals surface area contributed by atoms with Gasteiger partial charge in [0.25, 0.3) is 5.24 Å². The summed E-state index contributed by atoms with van der Waals surface area (Å²) in [5.74, 6) is 0.000000000000000222. The van der Waals surface area contributed by atoms with Crippen LogP contribution in [-0.2, 0) is 6.42 Å². The van der Waals surface area contributed by atoms with Gasteiger partial charge in [-0.2, -0.15) is 0 Å². The Morgan fingerprint density at radius 2 is 2.25 bits per heavy atom. The molecule has 0 saturated heterocycles. The number of aryl methyl sites for hydroxylation is 1. The molecule has 0 spiro atoms. The lowest BCUT2D eigenvalue weighted by Crippen LogP contribution is -1.92. The van der Waals surface area contributed by atoms with E-state index in [1.54, 1.807) is 12.1 Å². The summed E-state index contributed by atoms with van der Waals surface area (Å²) in [5.41, 5.74) is 0.914. The number of carbonyl (C=O) groups excluding carboxylic acids is 1. The first-order chi connectivity index (χ1) is 5.66. The zero-order chi connectivity index (χ0) is 9.14. The second kappa shape index (κ2) is 3.59. The fourth-order valence-electron chi connectivity index (χ4n) is 1.04. The van der Waals surface area contributed by atoms with Crippen LogP contribution in [0.25, 0.3) is 0 Å². The lowest BCUT2D eigenvalue weighted by molar-refractivity contribution is 0.107. The smallest absolute Gasteiger partial charge is 0.256 e. The van der Waals surface area contributed by atoms with Crippen LogP contribution in [0, 0.1) is 0 Å². The van der Waals surface area contributed by atoms with Gasteiger partial charge in [-0.3, -0.25) is 4.79 Å². The highest BCUT2D eigenvalue weighted by Gasteiger charge is 2.10. The summed E-state index contributed by atoms with van der Waals surface area (Å²) in [4.78, 5) is 10.7. The largest absolute Gasteiger partial charge is 0.507 e. The lowest BCUT2D eigenvalue weighted by atomic mass is 10.1. The predicted octanol–water partition coefficient (Wildman–Crippen LogP) is 2.33. The second-order valence-corrected chi connectivity index (χ2v) is 2.78. The van der Waals surface area contributed by atoms with Crippen molar-refractivity contribution in [3.63, 3.8) is 0 Å². The summed E-state index contributed by atoms with van der Waals surface area (Å²) >= 11 is 5.24. The van der Waals surface area contributed by atoms with Crippen molar-refractivity contribution < 1.29 is 9.90 Å². The van der Waals surface area contributed by atoms with Crippen molar-refractivity contribution in [2.24, 2.45) is 0 Å². The molecule has 0 aromatic heterocycles. The normalized spacial score (nSPS) is 9.83. The first-order valence-electron chi connectivity index (χ1n) is 3.67. The fraction of sp³-hybridized carbons (Fsp3) is 0.222. The Labute approximate surface area is 75.8 Å². The average molecular weight is 185 g/mol. The van der Waals surface area contributed by atoms with E-state index in [2.05, 4.69) is 0 Å². The van der Waals surface area contributed by atoms with Gasteiger partial charge in [-0.1, -0.05) is 19.1 Å². The molecule has 1 aromatic carbocycles. The molecule has 0 radical (unpaired) electrons. The summed E-state index contributed by atoms with van der Waals surface area (Å²) in [6.07, 6.45) is 0.684. The van der Waals surface area contributed by atoms with Crippen molar-refractivity contribution in [2.75, 3.05) is 0 Å². The number of aromatic hydroxyl groups is 1. The Morgan fingerprint density at radius 3 is 2.75 bits per heavy atom. The number of phenolic OH excluding ortho intramolecular Hbond substituents is 1. The molecule has 1 aromatic rings. The van der Waals surface area contributed by atoms with E-state index in [-0.39, 0.29) is 11.3 Å². The first kappa shape index (κ1) is 9.07. The van der Waals surface area contributed by atoms with E-state index in [0.29, 0.717) is 6.42 Å². The highest BCUT2D eigenvalue weighted by Crippen LogP contribution is 2.23. The third-order valence-corrected chi connectivity index (χ3v) is 1.92. The third kappa shape index (κ3) is 1.59.